The molecule has 1 amide bonds. The lowest BCUT2D eigenvalue weighted by atomic mass is 10.1. The van der Waals surface area contributed by atoms with Crippen molar-refractivity contribution >= 4 is 11.6 Å². The molecule has 0 heterocycles. The molecule has 0 bridgehead atoms. The van der Waals surface area contributed by atoms with E-state index in [0.717, 1.165) is 12.1 Å². The predicted octanol–water partition coefficient (Wildman–Crippen LogP) is 2.52. The number of benzene rings is 1. The molecule has 2 N–H and O–H groups in total. The van der Waals surface area contributed by atoms with Crippen molar-refractivity contribution in [2.24, 2.45) is 11.7 Å². The number of anilines is 1. The highest BCUT2D eigenvalue weighted by molar-refractivity contribution is 5.79. The first-order valence-electron chi connectivity index (χ1n) is 6.29. The van der Waals surface area contributed by atoms with Gasteiger partial charge in [-0.15, -0.1) is 0 Å². The first-order chi connectivity index (χ1) is 9.65. The van der Waals surface area contributed by atoms with Crippen LogP contribution >= 0.6 is 0 Å². The molecule has 0 radical (unpaired) electrons. The van der Waals surface area contributed by atoms with Gasteiger partial charge in [0.2, 0.25) is 5.91 Å². The van der Waals surface area contributed by atoms with E-state index >= 15 is 0 Å². The molecule has 4 nitrogen and oxygen atoms in total. The van der Waals surface area contributed by atoms with E-state index in [-0.39, 0.29) is 18.2 Å². The number of amides is 1. The number of carbonyl (C=O) groups excluding carboxylic acids is 1. The molecule has 0 spiro atoms. The molecule has 1 rings (SSSR count). The Labute approximate surface area is 121 Å². The molecule has 0 atom stereocenters. The van der Waals surface area contributed by atoms with Crippen LogP contribution in [0.15, 0.2) is 18.2 Å². The summed E-state index contributed by atoms with van der Waals surface area (Å²) in [6, 6.07) is 4.89. The summed E-state index contributed by atoms with van der Waals surface area (Å²) in [5.41, 5.74) is 3.89. The van der Waals surface area contributed by atoms with Crippen molar-refractivity contribution in [3.63, 3.8) is 0 Å². The van der Waals surface area contributed by atoms with Crippen molar-refractivity contribution in [1.29, 1.82) is 5.26 Å². The molecule has 0 aliphatic rings. The van der Waals surface area contributed by atoms with Crippen LogP contribution in [0, 0.1) is 17.2 Å². The van der Waals surface area contributed by atoms with E-state index in [2.05, 4.69) is 0 Å². The number of carbonyl (C=O) groups is 1. The van der Waals surface area contributed by atoms with E-state index in [4.69, 9.17) is 11.0 Å². The molecule has 0 fully saturated rings. The largest absolute Gasteiger partial charge is 0.417 e. The summed E-state index contributed by atoms with van der Waals surface area (Å²) < 4.78 is 38.8. The third kappa shape index (κ3) is 4.67. The lowest BCUT2D eigenvalue weighted by molar-refractivity contribution is -0.137. The molecule has 0 saturated carbocycles. The zero-order valence-electron chi connectivity index (χ0n) is 11.7. The van der Waals surface area contributed by atoms with Gasteiger partial charge < -0.3 is 10.6 Å². The van der Waals surface area contributed by atoms with E-state index in [0.29, 0.717) is 6.54 Å². The van der Waals surface area contributed by atoms with Crippen molar-refractivity contribution in [3.8, 4) is 6.07 Å². The smallest absolute Gasteiger partial charge is 0.368 e. The fourth-order valence-electron chi connectivity index (χ4n) is 1.95. The van der Waals surface area contributed by atoms with Gasteiger partial charge in [0.15, 0.2) is 0 Å². The van der Waals surface area contributed by atoms with Gasteiger partial charge in [0.05, 0.1) is 23.7 Å². The number of alkyl halides is 3. The Balaban J connectivity index is 3.27. The first kappa shape index (κ1) is 16.8. The number of hydrogen-bond donors (Lipinski definition) is 1. The molecule has 1 aromatic rings. The number of nitrogens with zero attached hydrogens (tertiary/aromatic N) is 2. The number of nitrogens with two attached hydrogens (primary N) is 1. The zero-order chi connectivity index (χ0) is 16.2. The van der Waals surface area contributed by atoms with Gasteiger partial charge in [-0.05, 0) is 24.1 Å². The Kier molecular flexibility index (Phi) is 5.19. The van der Waals surface area contributed by atoms with Gasteiger partial charge in [0.25, 0.3) is 0 Å². The maximum Gasteiger partial charge on any atom is 0.417 e. The Bertz CT molecular complexity index is 562. The summed E-state index contributed by atoms with van der Waals surface area (Å²) in [4.78, 5) is 12.6. The molecular weight excluding hydrogens is 283 g/mol. The molecular formula is C14H16F3N3O. The molecule has 0 aliphatic heterocycles. The molecule has 1 aromatic carbocycles. The average molecular weight is 299 g/mol. The van der Waals surface area contributed by atoms with E-state index < -0.39 is 23.2 Å². The van der Waals surface area contributed by atoms with Crippen molar-refractivity contribution in [2.45, 2.75) is 20.0 Å². The lowest BCUT2D eigenvalue weighted by Gasteiger charge is -2.26. The third-order valence-corrected chi connectivity index (χ3v) is 2.73. The maximum atomic E-state index is 12.9. The predicted molar refractivity (Wildman–Crippen MR) is 72.4 cm³/mol. The highest BCUT2D eigenvalue weighted by Gasteiger charge is 2.34. The third-order valence-electron chi connectivity index (χ3n) is 2.73. The van der Waals surface area contributed by atoms with Crippen LogP contribution in [0.2, 0.25) is 0 Å². The Morgan fingerprint density at radius 1 is 1.43 bits per heavy atom. The number of halogens is 3. The molecule has 0 aromatic heterocycles. The fourth-order valence-corrected chi connectivity index (χ4v) is 1.95. The van der Waals surface area contributed by atoms with E-state index in [1.165, 1.54) is 17.0 Å². The number of nitriles is 1. The summed E-state index contributed by atoms with van der Waals surface area (Å²) in [6.45, 7) is 3.96. The molecule has 7 heteroatoms. The lowest BCUT2D eigenvalue weighted by Crippen LogP contribution is -2.36. The Morgan fingerprint density at radius 3 is 2.48 bits per heavy atom. The summed E-state index contributed by atoms with van der Waals surface area (Å²) in [5.74, 6) is -0.497. The van der Waals surface area contributed by atoms with Gasteiger partial charge in [-0.3, -0.25) is 4.79 Å². The standard InChI is InChI=1S/C14H16F3N3O/c1-9(2)7-20(8-13(19)21)11-4-3-10(6-18)12(5-11)14(15,16)17/h3-5,9H,7-8H2,1-2H3,(H2,19,21). The second-order valence-electron chi connectivity index (χ2n) is 5.08. The topological polar surface area (TPSA) is 70.1 Å². The normalized spacial score (nSPS) is 11.3. The Morgan fingerprint density at radius 2 is 2.05 bits per heavy atom. The van der Waals surface area contributed by atoms with Crippen LogP contribution in [0.3, 0.4) is 0 Å². The highest BCUT2D eigenvalue weighted by atomic mass is 19.4. The molecule has 21 heavy (non-hydrogen) atoms. The molecule has 114 valence electrons. The van der Waals surface area contributed by atoms with Crippen LogP contribution in [0.25, 0.3) is 0 Å². The van der Waals surface area contributed by atoms with E-state index in [9.17, 15) is 18.0 Å². The minimum atomic E-state index is -4.63. The van der Waals surface area contributed by atoms with Crippen molar-refractivity contribution in [2.75, 3.05) is 18.0 Å². The van der Waals surface area contributed by atoms with Gasteiger partial charge in [-0.2, -0.15) is 18.4 Å². The highest BCUT2D eigenvalue weighted by Crippen LogP contribution is 2.34. The summed E-state index contributed by atoms with van der Waals surface area (Å²) in [6.07, 6.45) is -4.63. The summed E-state index contributed by atoms with van der Waals surface area (Å²) in [7, 11) is 0. The number of hydrogen-bond acceptors (Lipinski definition) is 3. The van der Waals surface area contributed by atoms with E-state index in [1.807, 2.05) is 13.8 Å². The quantitative estimate of drug-likeness (QED) is 0.908. The molecule has 0 aliphatic carbocycles. The average Bonchev–Trinajstić information content (AvgIpc) is 2.35. The Hall–Kier alpha value is -2.23. The van der Waals surface area contributed by atoms with Crippen molar-refractivity contribution in [1.82, 2.24) is 0 Å². The fraction of sp³-hybridized carbons (Fsp3) is 0.429. The number of rotatable bonds is 5. The van der Waals surface area contributed by atoms with Crippen LogP contribution in [0.1, 0.15) is 25.0 Å². The summed E-state index contributed by atoms with van der Waals surface area (Å²) in [5, 5.41) is 8.76. The molecule has 0 saturated heterocycles. The van der Waals surface area contributed by atoms with Crippen LogP contribution in [-0.4, -0.2) is 19.0 Å². The van der Waals surface area contributed by atoms with Gasteiger partial charge in [-0.25, -0.2) is 0 Å². The second kappa shape index (κ2) is 6.48. The molecule has 0 unspecified atom stereocenters. The van der Waals surface area contributed by atoms with Crippen LogP contribution in [0.5, 0.6) is 0 Å². The minimum Gasteiger partial charge on any atom is -0.368 e. The van der Waals surface area contributed by atoms with Gasteiger partial charge in [0.1, 0.15) is 0 Å². The SMILES string of the molecule is CC(C)CN(CC(N)=O)c1ccc(C#N)c(C(F)(F)F)c1. The van der Waals surface area contributed by atoms with Crippen LogP contribution in [0.4, 0.5) is 18.9 Å². The number of primary amides is 1. The van der Waals surface area contributed by atoms with Crippen molar-refractivity contribution in [3.05, 3.63) is 29.3 Å². The minimum absolute atomic E-state index is 0.134. The monoisotopic (exact) mass is 299 g/mol. The van der Waals surface area contributed by atoms with Crippen LogP contribution in [-0.2, 0) is 11.0 Å². The maximum absolute atomic E-state index is 12.9. The van der Waals surface area contributed by atoms with Gasteiger partial charge in [-0.1, -0.05) is 13.8 Å². The van der Waals surface area contributed by atoms with E-state index in [1.54, 1.807) is 0 Å². The summed E-state index contributed by atoms with van der Waals surface area (Å²) >= 11 is 0. The van der Waals surface area contributed by atoms with Gasteiger partial charge >= 0.3 is 6.18 Å². The van der Waals surface area contributed by atoms with Crippen molar-refractivity contribution < 1.29 is 18.0 Å². The second-order valence-corrected chi connectivity index (χ2v) is 5.08. The first-order valence-corrected chi connectivity index (χ1v) is 6.29. The zero-order valence-corrected chi connectivity index (χ0v) is 11.7. The van der Waals surface area contributed by atoms with Gasteiger partial charge in [0, 0.05) is 12.2 Å². The van der Waals surface area contributed by atoms with Crippen LogP contribution < -0.4 is 10.6 Å².